The number of amides is 2. The number of hydrazine groups is 1. The third-order valence-electron chi connectivity index (χ3n) is 2.88. The van der Waals surface area contributed by atoms with E-state index in [0.29, 0.717) is 11.1 Å². The van der Waals surface area contributed by atoms with Gasteiger partial charge in [-0.1, -0.05) is 17.7 Å². The predicted octanol–water partition coefficient (Wildman–Crippen LogP) is 1.11. The molecule has 104 valence electrons. The number of carbonyl (C=O) groups is 2. The molecule has 2 aromatic rings. The molecular formula is C14H16N4O2. The Hall–Kier alpha value is -2.63. The van der Waals surface area contributed by atoms with E-state index in [1.54, 1.807) is 19.3 Å². The van der Waals surface area contributed by atoms with Gasteiger partial charge in [-0.15, -0.1) is 0 Å². The smallest absolute Gasteiger partial charge is 0.272 e. The average molecular weight is 272 g/mol. The predicted molar refractivity (Wildman–Crippen MR) is 74.1 cm³/mol. The third kappa shape index (κ3) is 3.03. The molecule has 0 aliphatic carbocycles. The first kappa shape index (κ1) is 13.8. The molecule has 0 radical (unpaired) electrons. The number of benzene rings is 1. The number of nitrogens with zero attached hydrogens (tertiary/aromatic N) is 2. The highest BCUT2D eigenvalue weighted by Crippen LogP contribution is 2.09. The molecule has 2 amide bonds. The lowest BCUT2D eigenvalue weighted by Gasteiger charge is -2.09. The van der Waals surface area contributed by atoms with Crippen molar-refractivity contribution in [3.05, 3.63) is 52.8 Å². The molecule has 1 heterocycles. The van der Waals surface area contributed by atoms with Crippen LogP contribution >= 0.6 is 0 Å². The van der Waals surface area contributed by atoms with Crippen LogP contribution in [0.1, 0.15) is 31.8 Å². The lowest BCUT2D eigenvalue weighted by Crippen LogP contribution is -2.41. The Labute approximate surface area is 116 Å². The molecule has 0 saturated heterocycles. The number of hydrogen-bond acceptors (Lipinski definition) is 3. The van der Waals surface area contributed by atoms with Gasteiger partial charge in [0.1, 0.15) is 0 Å². The van der Waals surface area contributed by atoms with Crippen LogP contribution < -0.4 is 10.9 Å². The minimum atomic E-state index is -0.406. The molecule has 0 unspecified atom stereocenters. The maximum atomic E-state index is 12.0. The Morgan fingerprint density at radius 2 is 1.85 bits per heavy atom. The van der Waals surface area contributed by atoms with Gasteiger partial charge in [0.2, 0.25) is 0 Å². The zero-order chi connectivity index (χ0) is 14.7. The van der Waals surface area contributed by atoms with Crippen LogP contribution in [0.15, 0.2) is 30.6 Å². The van der Waals surface area contributed by atoms with Gasteiger partial charge in [-0.05, 0) is 25.5 Å². The van der Waals surface area contributed by atoms with Crippen molar-refractivity contribution < 1.29 is 9.59 Å². The minimum absolute atomic E-state index is 0.347. The van der Waals surface area contributed by atoms with Gasteiger partial charge < -0.3 is 0 Å². The molecule has 0 atom stereocenters. The molecule has 6 heteroatoms. The summed E-state index contributed by atoms with van der Waals surface area (Å²) in [5, 5.41) is 3.89. The molecule has 0 saturated carbocycles. The third-order valence-corrected chi connectivity index (χ3v) is 2.88. The fraction of sp³-hybridized carbons (Fsp3) is 0.214. The van der Waals surface area contributed by atoms with Crippen LogP contribution in [0.5, 0.6) is 0 Å². The van der Waals surface area contributed by atoms with E-state index < -0.39 is 5.91 Å². The summed E-state index contributed by atoms with van der Waals surface area (Å²) in [4.78, 5) is 23.7. The van der Waals surface area contributed by atoms with Crippen LogP contribution in [0.2, 0.25) is 0 Å². The van der Waals surface area contributed by atoms with Crippen LogP contribution in [-0.2, 0) is 7.05 Å². The second-order valence-electron chi connectivity index (χ2n) is 4.63. The van der Waals surface area contributed by atoms with Crippen molar-refractivity contribution >= 4 is 11.8 Å². The van der Waals surface area contributed by atoms with Crippen molar-refractivity contribution in [3.63, 3.8) is 0 Å². The Balaban J connectivity index is 2.00. The van der Waals surface area contributed by atoms with Crippen molar-refractivity contribution in [2.24, 2.45) is 7.05 Å². The van der Waals surface area contributed by atoms with Crippen molar-refractivity contribution in [2.45, 2.75) is 13.8 Å². The SMILES string of the molecule is Cc1ccc(C(=O)NNC(=O)c2cnn(C)c2)c(C)c1. The van der Waals surface area contributed by atoms with Crippen LogP contribution in [0, 0.1) is 13.8 Å². The van der Waals surface area contributed by atoms with Gasteiger partial charge in [-0.25, -0.2) is 0 Å². The van der Waals surface area contributed by atoms with E-state index in [4.69, 9.17) is 0 Å². The molecule has 0 aliphatic rings. The van der Waals surface area contributed by atoms with Gasteiger partial charge in [0.05, 0.1) is 11.8 Å². The van der Waals surface area contributed by atoms with Crippen LogP contribution in [0.3, 0.4) is 0 Å². The van der Waals surface area contributed by atoms with E-state index in [1.165, 1.54) is 10.9 Å². The standard InChI is InChI=1S/C14H16N4O2/c1-9-4-5-12(10(2)6-9)14(20)17-16-13(19)11-7-15-18(3)8-11/h4-8H,1-3H3,(H,16,19)(H,17,20). The summed E-state index contributed by atoms with van der Waals surface area (Å²) < 4.78 is 1.51. The molecule has 20 heavy (non-hydrogen) atoms. The molecule has 0 aliphatic heterocycles. The lowest BCUT2D eigenvalue weighted by molar-refractivity contribution is 0.0846. The topological polar surface area (TPSA) is 76.0 Å². The Morgan fingerprint density at radius 1 is 1.15 bits per heavy atom. The first-order chi connectivity index (χ1) is 9.47. The largest absolute Gasteiger partial charge is 0.275 e. The van der Waals surface area contributed by atoms with Crippen LogP contribution in [0.4, 0.5) is 0 Å². The molecule has 6 nitrogen and oxygen atoms in total. The molecule has 2 N–H and O–H groups in total. The van der Waals surface area contributed by atoms with Crippen molar-refractivity contribution in [1.82, 2.24) is 20.6 Å². The van der Waals surface area contributed by atoms with Gasteiger partial charge >= 0.3 is 0 Å². The minimum Gasteiger partial charge on any atom is -0.275 e. The molecule has 2 rings (SSSR count). The zero-order valence-electron chi connectivity index (χ0n) is 11.6. The highest BCUT2D eigenvalue weighted by Gasteiger charge is 2.12. The zero-order valence-corrected chi connectivity index (χ0v) is 11.6. The number of carbonyl (C=O) groups excluding carboxylic acids is 2. The fourth-order valence-electron chi connectivity index (χ4n) is 1.86. The highest BCUT2D eigenvalue weighted by atomic mass is 16.2. The maximum absolute atomic E-state index is 12.0. The maximum Gasteiger partial charge on any atom is 0.272 e. The summed E-state index contributed by atoms with van der Waals surface area (Å²) in [6.45, 7) is 3.81. The first-order valence-electron chi connectivity index (χ1n) is 6.14. The number of rotatable bonds is 2. The molecule has 0 spiro atoms. The Kier molecular flexibility index (Phi) is 3.84. The van der Waals surface area contributed by atoms with E-state index in [0.717, 1.165) is 11.1 Å². The van der Waals surface area contributed by atoms with Crippen molar-refractivity contribution in [1.29, 1.82) is 0 Å². The molecular weight excluding hydrogens is 256 g/mol. The van der Waals surface area contributed by atoms with Gasteiger partial charge in [-0.2, -0.15) is 5.10 Å². The molecule has 1 aromatic carbocycles. The normalized spacial score (nSPS) is 10.2. The number of hydrogen-bond donors (Lipinski definition) is 2. The summed E-state index contributed by atoms with van der Waals surface area (Å²) in [5.74, 6) is -0.754. The fourth-order valence-corrected chi connectivity index (χ4v) is 1.86. The Bertz CT molecular complexity index is 661. The molecule has 1 aromatic heterocycles. The van der Waals surface area contributed by atoms with Crippen molar-refractivity contribution in [3.8, 4) is 0 Å². The van der Waals surface area contributed by atoms with E-state index in [-0.39, 0.29) is 5.91 Å². The van der Waals surface area contributed by atoms with Gasteiger partial charge in [0.15, 0.2) is 0 Å². The second kappa shape index (κ2) is 5.56. The molecule has 0 bridgehead atoms. The summed E-state index contributed by atoms with van der Waals surface area (Å²) in [7, 11) is 1.71. The first-order valence-corrected chi connectivity index (χ1v) is 6.14. The van der Waals surface area contributed by atoms with Crippen LogP contribution in [-0.4, -0.2) is 21.6 Å². The van der Waals surface area contributed by atoms with Gasteiger partial charge in [0, 0.05) is 18.8 Å². The Morgan fingerprint density at radius 3 is 2.45 bits per heavy atom. The van der Waals surface area contributed by atoms with E-state index in [1.807, 2.05) is 26.0 Å². The van der Waals surface area contributed by atoms with E-state index >= 15 is 0 Å². The second-order valence-corrected chi connectivity index (χ2v) is 4.63. The monoisotopic (exact) mass is 272 g/mol. The average Bonchev–Trinajstić information content (AvgIpc) is 2.82. The lowest BCUT2D eigenvalue weighted by atomic mass is 10.1. The number of aromatic nitrogens is 2. The van der Waals surface area contributed by atoms with Crippen molar-refractivity contribution in [2.75, 3.05) is 0 Å². The van der Waals surface area contributed by atoms with Gasteiger partial charge in [0.25, 0.3) is 11.8 Å². The van der Waals surface area contributed by atoms with Gasteiger partial charge in [-0.3, -0.25) is 25.1 Å². The van der Waals surface area contributed by atoms with Crippen LogP contribution in [0.25, 0.3) is 0 Å². The summed E-state index contributed by atoms with van der Waals surface area (Å²) in [6.07, 6.45) is 3.00. The number of nitrogens with one attached hydrogen (secondary N) is 2. The number of aryl methyl sites for hydroxylation is 3. The van der Waals surface area contributed by atoms with E-state index in [9.17, 15) is 9.59 Å². The quantitative estimate of drug-likeness (QED) is 0.804. The van der Waals surface area contributed by atoms with E-state index in [2.05, 4.69) is 16.0 Å². The molecule has 0 fully saturated rings. The summed E-state index contributed by atoms with van der Waals surface area (Å²) >= 11 is 0. The summed E-state index contributed by atoms with van der Waals surface area (Å²) in [5.41, 5.74) is 7.61. The summed E-state index contributed by atoms with van der Waals surface area (Å²) in [6, 6.07) is 5.50. The highest BCUT2D eigenvalue weighted by molar-refractivity contribution is 5.99.